The van der Waals surface area contributed by atoms with Crippen LogP contribution in [0.15, 0.2) is 82.0 Å². The van der Waals surface area contributed by atoms with Gasteiger partial charge < -0.3 is 14.1 Å². The summed E-state index contributed by atoms with van der Waals surface area (Å²) in [5.74, 6) is 0.538. The van der Waals surface area contributed by atoms with Crippen LogP contribution in [-0.4, -0.2) is 17.4 Å². The number of amides is 1. The van der Waals surface area contributed by atoms with Crippen LogP contribution in [0.2, 0.25) is 0 Å². The third kappa shape index (κ3) is 3.36. The fourth-order valence-corrected chi connectivity index (χ4v) is 4.37. The number of hydrogen-bond acceptors (Lipinski definition) is 4. The van der Waals surface area contributed by atoms with Crippen LogP contribution in [0, 0.1) is 6.92 Å². The molecule has 0 bridgehead atoms. The molecule has 0 radical (unpaired) electrons. The number of ether oxygens (including phenoxy) is 1. The maximum atomic E-state index is 13.6. The lowest BCUT2D eigenvalue weighted by atomic mass is 9.97. The Kier molecular flexibility index (Phi) is 5.02. The first-order chi connectivity index (χ1) is 15.6. The SMILES string of the molecule is CCOc1cccc(C2c3c(oc4ccc(C)cc4c3=O)C(=O)N2Cc2ccccc2)c1. The Bertz CT molecular complexity index is 1370. The minimum atomic E-state index is -0.556. The van der Waals surface area contributed by atoms with Gasteiger partial charge in [0.1, 0.15) is 11.3 Å². The van der Waals surface area contributed by atoms with Gasteiger partial charge in [-0.15, -0.1) is 0 Å². The van der Waals surface area contributed by atoms with Gasteiger partial charge in [0.2, 0.25) is 5.76 Å². The van der Waals surface area contributed by atoms with E-state index in [4.69, 9.17) is 9.15 Å². The topological polar surface area (TPSA) is 59.8 Å². The van der Waals surface area contributed by atoms with E-state index in [1.165, 1.54) is 0 Å². The summed E-state index contributed by atoms with van der Waals surface area (Å²) in [6, 6.07) is 22.2. The van der Waals surface area contributed by atoms with Crippen molar-refractivity contribution in [1.29, 1.82) is 0 Å². The fraction of sp³-hybridized carbons (Fsp3) is 0.185. The molecule has 1 amide bonds. The third-order valence-corrected chi connectivity index (χ3v) is 5.80. The van der Waals surface area contributed by atoms with Crippen molar-refractivity contribution in [3.05, 3.63) is 111 Å². The molecule has 2 heterocycles. The first-order valence-electron chi connectivity index (χ1n) is 10.7. The van der Waals surface area contributed by atoms with Crippen molar-refractivity contribution in [2.45, 2.75) is 26.4 Å². The summed E-state index contributed by atoms with van der Waals surface area (Å²) >= 11 is 0. The second-order valence-electron chi connectivity index (χ2n) is 8.00. The molecule has 0 aliphatic carbocycles. The van der Waals surface area contributed by atoms with Gasteiger partial charge in [-0.1, -0.05) is 54.1 Å². The zero-order chi connectivity index (χ0) is 22.2. The molecule has 3 aromatic carbocycles. The molecular weight excluding hydrogens is 402 g/mol. The smallest absolute Gasteiger partial charge is 0.291 e. The van der Waals surface area contributed by atoms with Crippen LogP contribution < -0.4 is 10.2 Å². The summed E-state index contributed by atoms with van der Waals surface area (Å²) in [5, 5.41) is 0.490. The molecule has 1 atom stereocenters. The second-order valence-corrected chi connectivity index (χ2v) is 8.00. The third-order valence-electron chi connectivity index (χ3n) is 5.80. The highest BCUT2D eigenvalue weighted by atomic mass is 16.5. The van der Waals surface area contributed by atoms with Gasteiger partial charge in [-0.25, -0.2) is 0 Å². The second kappa shape index (κ2) is 8.00. The van der Waals surface area contributed by atoms with Crippen LogP contribution in [0.3, 0.4) is 0 Å². The number of fused-ring (bicyclic) bond motifs is 2. The van der Waals surface area contributed by atoms with E-state index in [9.17, 15) is 9.59 Å². The van der Waals surface area contributed by atoms with Crippen LogP contribution in [-0.2, 0) is 6.54 Å². The highest BCUT2D eigenvalue weighted by Gasteiger charge is 2.42. The van der Waals surface area contributed by atoms with Crippen LogP contribution in [0.25, 0.3) is 11.0 Å². The molecule has 5 rings (SSSR count). The minimum Gasteiger partial charge on any atom is -0.494 e. The predicted molar refractivity (Wildman–Crippen MR) is 123 cm³/mol. The van der Waals surface area contributed by atoms with Crippen LogP contribution >= 0.6 is 0 Å². The molecule has 1 unspecified atom stereocenters. The van der Waals surface area contributed by atoms with Crippen molar-refractivity contribution in [3.63, 3.8) is 0 Å². The standard InChI is InChI=1S/C27H23NO4/c1-3-31-20-11-7-10-19(15-20)24-23-25(29)21-14-17(2)12-13-22(21)32-26(23)27(30)28(24)16-18-8-5-4-6-9-18/h4-15,24H,3,16H2,1-2H3. The molecule has 1 aliphatic heterocycles. The largest absolute Gasteiger partial charge is 0.494 e. The molecule has 5 heteroatoms. The molecular formula is C27H23NO4. The van der Waals surface area contributed by atoms with Gasteiger partial charge in [0.05, 0.1) is 23.6 Å². The quantitative estimate of drug-likeness (QED) is 0.438. The van der Waals surface area contributed by atoms with Crippen molar-refractivity contribution in [1.82, 2.24) is 4.90 Å². The molecule has 160 valence electrons. The predicted octanol–water partition coefficient (Wildman–Crippen LogP) is 5.25. The summed E-state index contributed by atoms with van der Waals surface area (Å²) in [5.41, 5.74) is 3.41. The molecule has 32 heavy (non-hydrogen) atoms. The van der Waals surface area contributed by atoms with Crippen molar-refractivity contribution in [2.75, 3.05) is 6.61 Å². The van der Waals surface area contributed by atoms with E-state index in [-0.39, 0.29) is 17.1 Å². The van der Waals surface area contributed by atoms with E-state index in [0.717, 1.165) is 16.7 Å². The normalized spacial score (nSPS) is 15.2. The van der Waals surface area contributed by atoms with E-state index in [2.05, 4.69) is 0 Å². The monoisotopic (exact) mass is 425 g/mol. The molecule has 0 N–H and O–H groups in total. The zero-order valence-corrected chi connectivity index (χ0v) is 18.0. The summed E-state index contributed by atoms with van der Waals surface area (Å²) in [6.45, 7) is 4.75. The Balaban J connectivity index is 1.72. The van der Waals surface area contributed by atoms with Gasteiger partial charge in [0, 0.05) is 6.54 Å². The molecule has 5 nitrogen and oxygen atoms in total. The summed E-state index contributed by atoms with van der Waals surface area (Å²) in [6.07, 6.45) is 0. The molecule has 0 saturated carbocycles. The van der Waals surface area contributed by atoms with Gasteiger partial charge >= 0.3 is 0 Å². The number of nitrogens with zero attached hydrogens (tertiary/aromatic N) is 1. The highest BCUT2D eigenvalue weighted by molar-refractivity contribution is 5.99. The lowest BCUT2D eigenvalue weighted by molar-refractivity contribution is 0.0714. The summed E-state index contributed by atoms with van der Waals surface area (Å²) in [4.78, 5) is 28.9. The van der Waals surface area contributed by atoms with Crippen molar-refractivity contribution in [3.8, 4) is 5.75 Å². The molecule has 1 aromatic heterocycles. The van der Waals surface area contributed by atoms with Crippen molar-refractivity contribution in [2.24, 2.45) is 0 Å². The Morgan fingerprint density at radius 1 is 0.969 bits per heavy atom. The number of rotatable bonds is 5. The molecule has 0 saturated heterocycles. The number of carbonyl (C=O) groups excluding carboxylic acids is 1. The van der Waals surface area contributed by atoms with Gasteiger partial charge in [0.25, 0.3) is 5.91 Å². The summed E-state index contributed by atoms with van der Waals surface area (Å²) in [7, 11) is 0. The Morgan fingerprint density at radius 2 is 1.78 bits per heavy atom. The van der Waals surface area contributed by atoms with Gasteiger partial charge in [-0.3, -0.25) is 9.59 Å². The molecule has 0 fully saturated rings. The average molecular weight is 425 g/mol. The van der Waals surface area contributed by atoms with E-state index in [1.54, 1.807) is 11.0 Å². The first-order valence-corrected chi connectivity index (χ1v) is 10.7. The molecule has 4 aromatic rings. The Labute approximate surface area is 185 Å². The van der Waals surface area contributed by atoms with E-state index in [0.29, 0.717) is 35.4 Å². The maximum Gasteiger partial charge on any atom is 0.291 e. The Hall–Kier alpha value is -3.86. The van der Waals surface area contributed by atoms with Gasteiger partial charge in [-0.05, 0) is 49.2 Å². The first kappa shape index (κ1) is 20.1. The molecule has 1 aliphatic rings. The van der Waals surface area contributed by atoms with E-state index in [1.807, 2.05) is 80.6 Å². The van der Waals surface area contributed by atoms with Crippen molar-refractivity contribution < 1.29 is 13.9 Å². The average Bonchev–Trinajstić information content (AvgIpc) is 3.07. The zero-order valence-electron chi connectivity index (χ0n) is 18.0. The summed E-state index contributed by atoms with van der Waals surface area (Å²) < 4.78 is 11.7. The van der Waals surface area contributed by atoms with Crippen LogP contribution in [0.4, 0.5) is 0 Å². The van der Waals surface area contributed by atoms with Crippen molar-refractivity contribution >= 4 is 16.9 Å². The van der Waals surface area contributed by atoms with Crippen LogP contribution in [0.5, 0.6) is 5.75 Å². The number of hydrogen-bond donors (Lipinski definition) is 0. The highest BCUT2D eigenvalue weighted by Crippen LogP contribution is 2.40. The lowest BCUT2D eigenvalue weighted by Gasteiger charge is -2.25. The molecule has 0 spiro atoms. The Morgan fingerprint density at radius 3 is 2.56 bits per heavy atom. The fourth-order valence-electron chi connectivity index (χ4n) is 4.37. The van der Waals surface area contributed by atoms with Gasteiger partial charge in [-0.2, -0.15) is 0 Å². The minimum absolute atomic E-state index is 0.120. The van der Waals surface area contributed by atoms with E-state index >= 15 is 0 Å². The van der Waals surface area contributed by atoms with Crippen LogP contribution in [0.1, 0.15) is 45.8 Å². The lowest BCUT2D eigenvalue weighted by Crippen LogP contribution is -2.29. The van der Waals surface area contributed by atoms with E-state index < -0.39 is 6.04 Å². The number of carbonyl (C=O) groups is 1. The number of aryl methyl sites for hydroxylation is 1. The maximum absolute atomic E-state index is 13.6. The van der Waals surface area contributed by atoms with Gasteiger partial charge in [0.15, 0.2) is 5.43 Å². The number of benzene rings is 3.